The van der Waals surface area contributed by atoms with Gasteiger partial charge in [0.05, 0.1) is 39.7 Å². The second kappa shape index (κ2) is 10.8. The summed E-state index contributed by atoms with van der Waals surface area (Å²) in [6, 6.07) is 6.81. The number of aromatic nitrogens is 2. The van der Waals surface area contributed by atoms with Gasteiger partial charge in [-0.2, -0.15) is 0 Å². The van der Waals surface area contributed by atoms with Crippen LogP contribution in [0.1, 0.15) is 11.3 Å². The molecule has 1 N–H and O–H groups in total. The van der Waals surface area contributed by atoms with E-state index in [4.69, 9.17) is 18.9 Å². The highest BCUT2D eigenvalue weighted by Crippen LogP contribution is 2.27. The van der Waals surface area contributed by atoms with E-state index in [2.05, 4.69) is 10.3 Å². The molecular formula is C21H28N4O6. The van der Waals surface area contributed by atoms with Crippen LogP contribution in [0.25, 0.3) is 0 Å². The molecule has 0 atom stereocenters. The molecule has 1 fully saturated rings. The molecule has 0 radical (unpaired) electrons. The molecule has 1 aromatic carbocycles. The second-order valence-corrected chi connectivity index (χ2v) is 6.97. The van der Waals surface area contributed by atoms with Crippen LogP contribution in [0.2, 0.25) is 0 Å². The summed E-state index contributed by atoms with van der Waals surface area (Å²) >= 11 is 0. The molecule has 1 aliphatic rings. The molecule has 10 nitrogen and oxygen atoms in total. The van der Waals surface area contributed by atoms with E-state index >= 15 is 0 Å². The highest BCUT2D eigenvalue weighted by molar-refractivity contribution is 5.76. The van der Waals surface area contributed by atoms with E-state index in [1.165, 1.54) is 10.6 Å². The van der Waals surface area contributed by atoms with Crippen LogP contribution in [0.4, 0.5) is 5.95 Å². The van der Waals surface area contributed by atoms with Gasteiger partial charge in [0, 0.05) is 32.8 Å². The average molecular weight is 432 g/mol. The molecule has 1 saturated heterocycles. The zero-order valence-corrected chi connectivity index (χ0v) is 18.1. The van der Waals surface area contributed by atoms with Gasteiger partial charge in [0.2, 0.25) is 11.9 Å². The smallest absolute Gasteiger partial charge is 0.255 e. The van der Waals surface area contributed by atoms with Crippen LogP contribution in [0.5, 0.6) is 11.5 Å². The summed E-state index contributed by atoms with van der Waals surface area (Å²) < 4.78 is 22.4. The van der Waals surface area contributed by atoms with Gasteiger partial charge in [-0.3, -0.25) is 14.2 Å². The number of amides is 1. The molecule has 10 heteroatoms. The topological polar surface area (TPSA) is 104 Å². The zero-order chi connectivity index (χ0) is 22.2. The first-order chi connectivity index (χ1) is 15.0. The van der Waals surface area contributed by atoms with E-state index in [9.17, 15) is 9.59 Å². The highest BCUT2D eigenvalue weighted by Gasteiger charge is 2.20. The van der Waals surface area contributed by atoms with E-state index in [1.54, 1.807) is 33.5 Å². The Balaban J connectivity index is 1.75. The molecule has 31 heavy (non-hydrogen) atoms. The molecule has 0 spiro atoms. The van der Waals surface area contributed by atoms with E-state index < -0.39 is 0 Å². The Hall–Kier alpha value is -3.11. The van der Waals surface area contributed by atoms with Crippen molar-refractivity contribution < 1.29 is 23.7 Å². The van der Waals surface area contributed by atoms with Crippen molar-refractivity contribution in [1.82, 2.24) is 14.9 Å². The summed E-state index contributed by atoms with van der Waals surface area (Å²) in [6.45, 7) is 2.63. The monoisotopic (exact) mass is 432 g/mol. The second-order valence-electron chi connectivity index (χ2n) is 6.97. The minimum absolute atomic E-state index is 0.140. The van der Waals surface area contributed by atoms with Gasteiger partial charge in [-0.1, -0.05) is 6.07 Å². The van der Waals surface area contributed by atoms with Gasteiger partial charge in [-0.15, -0.1) is 0 Å². The van der Waals surface area contributed by atoms with Gasteiger partial charge in [0.25, 0.3) is 5.56 Å². The largest absolute Gasteiger partial charge is 0.493 e. The van der Waals surface area contributed by atoms with Crippen LogP contribution in [-0.4, -0.2) is 63.1 Å². The van der Waals surface area contributed by atoms with Crippen LogP contribution in [0.15, 0.2) is 29.1 Å². The number of hydrogen-bond acceptors (Lipinski definition) is 8. The number of carbonyl (C=O) groups is 1. The highest BCUT2D eigenvalue weighted by atomic mass is 16.5. The molecule has 1 amide bonds. The Morgan fingerprint density at radius 3 is 2.55 bits per heavy atom. The Labute approximate surface area is 180 Å². The molecule has 1 aromatic heterocycles. The molecule has 2 heterocycles. The normalized spacial score (nSPS) is 13.7. The number of nitrogens with one attached hydrogen (secondary N) is 1. The van der Waals surface area contributed by atoms with Crippen LogP contribution in [0.3, 0.4) is 0 Å². The molecule has 2 aromatic rings. The number of methoxy groups -OCH3 is 3. The summed E-state index contributed by atoms with van der Waals surface area (Å²) in [6.07, 6.45) is 0. The predicted octanol–water partition coefficient (Wildman–Crippen LogP) is 0.560. The molecule has 3 rings (SSSR count). The van der Waals surface area contributed by atoms with Gasteiger partial charge < -0.3 is 29.2 Å². The molecule has 1 aliphatic heterocycles. The van der Waals surface area contributed by atoms with Crippen molar-refractivity contribution in [3.05, 3.63) is 45.9 Å². The molecule has 0 saturated carbocycles. The maximum atomic E-state index is 12.7. The number of carbonyl (C=O) groups excluding carboxylic acids is 1. The van der Waals surface area contributed by atoms with Crippen molar-refractivity contribution in [2.75, 3.05) is 52.5 Å². The number of benzene rings is 1. The first-order valence-corrected chi connectivity index (χ1v) is 9.95. The number of anilines is 1. The molecule has 168 valence electrons. The number of hydrogen-bond donors (Lipinski definition) is 1. The third-order valence-electron chi connectivity index (χ3n) is 4.87. The van der Waals surface area contributed by atoms with Crippen LogP contribution >= 0.6 is 0 Å². The number of rotatable bonds is 9. The lowest BCUT2D eigenvalue weighted by atomic mass is 10.2. The quantitative estimate of drug-likeness (QED) is 0.613. The lowest BCUT2D eigenvalue weighted by Crippen LogP contribution is -2.42. The van der Waals surface area contributed by atoms with Crippen molar-refractivity contribution in [2.24, 2.45) is 0 Å². The van der Waals surface area contributed by atoms with Gasteiger partial charge in [0.15, 0.2) is 11.5 Å². The summed E-state index contributed by atoms with van der Waals surface area (Å²) in [5.41, 5.74) is 1.07. The maximum Gasteiger partial charge on any atom is 0.255 e. The van der Waals surface area contributed by atoms with E-state index in [0.29, 0.717) is 49.4 Å². The van der Waals surface area contributed by atoms with Crippen LogP contribution < -0.4 is 25.2 Å². The van der Waals surface area contributed by atoms with E-state index in [-0.39, 0.29) is 31.2 Å². The fraction of sp³-hybridized carbons (Fsp3) is 0.476. The fourth-order valence-electron chi connectivity index (χ4n) is 3.31. The van der Waals surface area contributed by atoms with Gasteiger partial charge in [-0.05, 0) is 17.7 Å². The molecule has 0 bridgehead atoms. The lowest BCUT2D eigenvalue weighted by molar-refractivity contribution is -0.121. The average Bonchev–Trinajstić information content (AvgIpc) is 2.79. The summed E-state index contributed by atoms with van der Waals surface area (Å²) in [5, 5.41) is 2.84. The number of morpholine rings is 1. The molecular weight excluding hydrogens is 404 g/mol. The van der Waals surface area contributed by atoms with Crippen LogP contribution in [-0.2, 0) is 34.0 Å². The standard InChI is InChI=1S/C21H28N4O6/c1-28-14-16-11-20(27)25(21(23-16)24-6-8-31-9-7-24)13-19(26)22-12-15-4-5-17(29-2)18(10-15)30-3/h4-5,10-11H,6-9,12-14H2,1-3H3,(H,22,26). The van der Waals surface area contributed by atoms with Crippen molar-refractivity contribution in [1.29, 1.82) is 0 Å². The SMILES string of the molecule is COCc1cc(=O)n(CC(=O)NCc2ccc(OC)c(OC)c2)c(N2CCOCC2)n1. The van der Waals surface area contributed by atoms with Gasteiger partial charge in [-0.25, -0.2) is 4.98 Å². The predicted molar refractivity (Wildman–Crippen MR) is 114 cm³/mol. The fourth-order valence-corrected chi connectivity index (χ4v) is 3.31. The third kappa shape index (κ3) is 5.74. The Bertz CT molecular complexity index is 955. The molecule has 0 aliphatic carbocycles. The summed E-state index contributed by atoms with van der Waals surface area (Å²) in [4.78, 5) is 31.9. The zero-order valence-electron chi connectivity index (χ0n) is 18.1. The lowest BCUT2D eigenvalue weighted by Gasteiger charge is -2.29. The Morgan fingerprint density at radius 1 is 1.13 bits per heavy atom. The number of ether oxygens (including phenoxy) is 4. The van der Waals surface area contributed by atoms with Gasteiger partial charge >= 0.3 is 0 Å². The summed E-state index contributed by atoms with van der Waals surface area (Å²) in [5.74, 6) is 1.34. The van der Waals surface area contributed by atoms with Gasteiger partial charge in [0.1, 0.15) is 6.54 Å². The maximum absolute atomic E-state index is 12.7. The van der Waals surface area contributed by atoms with Crippen molar-refractivity contribution >= 4 is 11.9 Å². The minimum atomic E-state index is -0.301. The van der Waals surface area contributed by atoms with E-state index in [1.807, 2.05) is 11.0 Å². The van der Waals surface area contributed by atoms with Crippen molar-refractivity contribution in [3.63, 3.8) is 0 Å². The third-order valence-corrected chi connectivity index (χ3v) is 4.87. The Morgan fingerprint density at radius 2 is 1.87 bits per heavy atom. The first-order valence-electron chi connectivity index (χ1n) is 9.95. The summed E-state index contributed by atoms with van der Waals surface area (Å²) in [7, 11) is 4.66. The van der Waals surface area contributed by atoms with E-state index in [0.717, 1.165) is 5.56 Å². The van der Waals surface area contributed by atoms with Crippen molar-refractivity contribution in [2.45, 2.75) is 19.7 Å². The minimum Gasteiger partial charge on any atom is -0.493 e. The Kier molecular flexibility index (Phi) is 7.85. The molecule has 0 unspecified atom stereocenters. The first kappa shape index (κ1) is 22.6. The van der Waals surface area contributed by atoms with Crippen molar-refractivity contribution in [3.8, 4) is 11.5 Å². The number of nitrogens with zero attached hydrogens (tertiary/aromatic N) is 3. The van der Waals surface area contributed by atoms with Crippen LogP contribution in [0, 0.1) is 0 Å².